The number of amides is 1. The van der Waals surface area contributed by atoms with Gasteiger partial charge in [0.1, 0.15) is 5.41 Å². The first-order valence-corrected chi connectivity index (χ1v) is 6.16. The van der Waals surface area contributed by atoms with Crippen LogP contribution in [0.5, 0.6) is 0 Å². The van der Waals surface area contributed by atoms with Crippen molar-refractivity contribution in [3.8, 4) is 0 Å². The molecule has 0 aromatic carbocycles. The first-order chi connectivity index (χ1) is 7.94. The molecule has 1 amide bonds. The minimum absolute atomic E-state index is 0.331. The van der Waals surface area contributed by atoms with Crippen LogP contribution >= 0.6 is 0 Å². The van der Waals surface area contributed by atoms with Gasteiger partial charge in [0, 0.05) is 19.1 Å². The van der Waals surface area contributed by atoms with Crippen molar-refractivity contribution >= 4 is 11.9 Å². The van der Waals surface area contributed by atoms with Crippen molar-refractivity contribution in [3.63, 3.8) is 0 Å². The van der Waals surface area contributed by atoms with E-state index in [0.29, 0.717) is 25.4 Å². The lowest BCUT2D eigenvalue weighted by molar-refractivity contribution is -0.149. The van der Waals surface area contributed by atoms with Crippen LogP contribution in [0.15, 0.2) is 0 Å². The fourth-order valence-corrected chi connectivity index (χ4v) is 1.71. The van der Waals surface area contributed by atoms with Gasteiger partial charge in [0.05, 0.1) is 0 Å². The molecule has 0 saturated heterocycles. The summed E-state index contributed by atoms with van der Waals surface area (Å²) in [6.07, 6.45) is 1.99. The average Bonchev–Trinajstić information content (AvgIpc) is 3.08. The molecule has 1 saturated carbocycles. The molecule has 1 aliphatic carbocycles. The molecule has 0 aromatic heterocycles. The first-order valence-electron chi connectivity index (χ1n) is 6.16. The second-order valence-corrected chi connectivity index (χ2v) is 4.88. The number of nitrogens with zero attached hydrogens (tertiary/aromatic N) is 1. The van der Waals surface area contributed by atoms with Crippen LogP contribution in [0.3, 0.4) is 0 Å². The van der Waals surface area contributed by atoms with Crippen molar-refractivity contribution in [3.05, 3.63) is 0 Å². The van der Waals surface area contributed by atoms with Crippen LogP contribution in [0, 0.1) is 5.41 Å². The number of carbonyl (C=O) groups is 2. The Labute approximate surface area is 102 Å². The van der Waals surface area contributed by atoms with Gasteiger partial charge < -0.3 is 15.3 Å². The lowest BCUT2D eigenvalue weighted by atomic mass is 10.1. The summed E-state index contributed by atoms with van der Waals surface area (Å²) in [5.74, 6) is -1.33. The summed E-state index contributed by atoms with van der Waals surface area (Å²) in [4.78, 5) is 24.7. The maximum atomic E-state index is 11.7. The van der Waals surface area contributed by atoms with Crippen LogP contribution in [-0.2, 0) is 9.59 Å². The summed E-state index contributed by atoms with van der Waals surface area (Å²) < 4.78 is 0. The van der Waals surface area contributed by atoms with Crippen LogP contribution in [0.1, 0.15) is 33.1 Å². The van der Waals surface area contributed by atoms with E-state index in [9.17, 15) is 9.59 Å². The highest BCUT2D eigenvalue weighted by molar-refractivity contribution is 6.04. The molecule has 0 heterocycles. The molecule has 0 aliphatic heterocycles. The third kappa shape index (κ3) is 3.19. The standard InChI is InChI=1S/C12H22N2O3/c1-4-9(2)14(3)8-7-13-10(15)12(5-6-12)11(16)17/h9H,4-8H2,1-3H3,(H,13,15)(H,16,17). The Bertz CT molecular complexity index is 300. The molecule has 1 unspecified atom stereocenters. The molecular formula is C12H22N2O3. The molecule has 5 nitrogen and oxygen atoms in total. The lowest BCUT2D eigenvalue weighted by Gasteiger charge is -2.23. The summed E-state index contributed by atoms with van der Waals surface area (Å²) in [7, 11) is 2.00. The molecule has 98 valence electrons. The number of nitrogens with one attached hydrogen (secondary N) is 1. The molecule has 0 bridgehead atoms. The topological polar surface area (TPSA) is 69.6 Å². The number of hydrogen-bond acceptors (Lipinski definition) is 3. The van der Waals surface area contributed by atoms with Gasteiger partial charge >= 0.3 is 5.97 Å². The van der Waals surface area contributed by atoms with Crippen molar-refractivity contribution in [1.29, 1.82) is 0 Å². The molecule has 0 spiro atoms. The van der Waals surface area contributed by atoms with Crippen LogP contribution < -0.4 is 5.32 Å². The largest absolute Gasteiger partial charge is 0.480 e. The van der Waals surface area contributed by atoms with Crippen molar-refractivity contribution in [2.24, 2.45) is 5.41 Å². The molecular weight excluding hydrogens is 220 g/mol. The van der Waals surface area contributed by atoms with Crippen LogP contribution in [-0.4, -0.2) is 48.1 Å². The Balaban J connectivity index is 2.28. The van der Waals surface area contributed by atoms with E-state index in [-0.39, 0.29) is 5.91 Å². The zero-order valence-electron chi connectivity index (χ0n) is 10.8. The maximum absolute atomic E-state index is 11.7. The predicted octanol–water partition coefficient (Wildman–Crippen LogP) is 0.698. The van der Waals surface area contributed by atoms with Gasteiger partial charge in [-0.25, -0.2) is 0 Å². The number of hydrogen-bond donors (Lipinski definition) is 2. The van der Waals surface area contributed by atoms with E-state index in [2.05, 4.69) is 24.1 Å². The van der Waals surface area contributed by atoms with Gasteiger partial charge in [0.2, 0.25) is 5.91 Å². The Kier molecular flexibility index (Phi) is 4.51. The first kappa shape index (κ1) is 14.0. The number of aliphatic carboxylic acids is 1. The molecule has 1 rings (SSSR count). The summed E-state index contributed by atoms with van der Waals surface area (Å²) in [5.41, 5.74) is -1.12. The molecule has 1 fully saturated rings. The monoisotopic (exact) mass is 242 g/mol. The summed E-state index contributed by atoms with van der Waals surface area (Å²) in [5, 5.41) is 11.7. The van der Waals surface area contributed by atoms with Crippen LogP contribution in [0.4, 0.5) is 0 Å². The Morgan fingerprint density at radius 3 is 2.47 bits per heavy atom. The average molecular weight is 242 g/mol. The Hall–Kier alpha value is -1.10. The zero-order valence-corrected chi connectivity index (χ0v) is 10.8. The minimum Gasteiger partial charge on any atom is -0.480 e. The van der Waals surface area contributed by atoms with Gasteiger partial charge in [-0.1, -0.05) is 6.92 Å². The lowest BCUT2D eigenvalue weighted by Crippen LogP contribution is -2.41. The van der Waals surface area contributed by atoms with Crippen molar-refractivity contribution in [2.75, 3.05) is 20.1 Å². The molecule has 0 radical (unpaired) electrons. The normalized spacial score (nSPS) is 18.8. The second kappa shape index (κ2) is 5.49. The van der Waals surface area contributed by atoms with Crippen molar-refractivity contribution < 1.29 is 14.7 Å². The summed E-state index contributed by atoms with van der Waals surface area (Å²) >= 11 is 0. The molecule has 5 heteroatoms. The number of carbonyl (C=O) groups excluding carboxylic acids is 1. The molecule has 1 aliphatic rings. The summed E-state index contributed by atoms with van der Waals surface area (Å²) in [6, 6.07) is 0.473. The third-order valence-electron chi connectivity index (χ3n) is 3.69. The van der Waals surface area contributed by atoms with Crippen LogP contribution in [0.25, 0.3) is 0 Å². The van der Waals surface area contributed by atoms with E-state index in [1.807, 2.05) is 7.05 Å². The fraction of sp³-hybridized carbons (Fsp3) is 0.833. The van der Waals surface area contributed by atoms with E-state index < -0.39 is 11.4 Å². The van der Waals surface area contributed by atoms with E-state index >= 15 is 0 Å². The van der Waals surface area contributed by atoms with Gasteiger partial charge in [-0.15, -0.1) is 0 Å². The van der Waals surface area contributed by atoms with Gasteiger partial charge in [-0.3, -0.25) is 9.59 Å². The minimum atomic E-state index is -1.12. The second-order valence-electron chi connectivity index (χ2n) is 4.88. The molecule has 0 aromatic rings. The fourth-order valence-electron chi connectivity index (χ4n) is 1.71. The number of carboxylic acid groups (broad SMARTS) is 1. The van der Waals surface area contributed by atoms with Gasteiger partial charge in [0.15, 0.2) is 0 Å². The molecule has 2 N–H and O–H groups in total. The van der Waals surface area contributed by atoms with Crippen molar-refractivity contribution in [2.45, 2.75) is 39.2 Å². The molecule has 1 atom stereocenters. The number of rotatable bonds is 7. The van der Waals surface area contributed by atoms with E-state index in [0.717, 1.165) is 13.0 Å². The summed E-state index contributed by atoms with van der Waals surface area (Å²) in [6.45, 7) is 5.50. The van der Waals surface area contributed by atoms with E-state index in [1.165, 1.54) is 0 Å². The van der Waals surface area contributed by atoms with Gasteiger partial charge in [0.25, 0.3) is 0 Å². The highest BCUT2D eigenvalue weighted by atomic mass is 16.4. The number of carboxylic acids is 1. The molecule has 17 heavy (non-hydrogen) atoms. The maximum Gasteiger partial charge on any atom is 0.319 e. The Morgan fingerprint density at radius 1 is 1.47 bits per heavy atom. The SMILES string of the molecule is CCC(C)N(C)CCNC(=O)C1(C(=O)O)CC1. The van der Waals surface area contributed by atoms with Crippen molar-refractivity contribution in [1.82, 2.24) is 10.2 Å². The van der Waals surface area contributed by atoms with E-state index in [1.54, 1.807) is 0 Å². The smallest absolute Gasteiger partial charge is 0.319 e. The number of likely N-dealkylation sites (N-methyl/N-ethyl adjacent to an activating group) is 1. The third-order valence-corrected chi connectivity index (χ3v) is 3.69. The predicted molar refractivity (Wildman–Crippen MR) is 64.7 cm³/mol. The van der Waals surface area contributed by atoms with Gasteiger partial charge in [-0.05, 0) is 33.2 Å². The van der Waals surface area contributed by atoms with E-state index in [4.69, 9.17) is 5.11 Å². The van der Waals surface area contributed by atoms with Gasteiger partial charge in [-0.2, -0.15) is 0 Å². The quantitative estimate of drug-likeness (QED) is 0.645. The highest BCUT2D eigenvalue weighted by Gasteiger charge is 2.56. The Morgan fingerprint density at radius 2 is 2.06 bits per heavy atom. The highest BCUT2D eigenvalue weighted by Crippen LogP contribution is 2.45. The zero-order chi connectivity index (χ0) is 13.1. The van der Waals surface area contributed by atoms with Crippen LogP contribution in [0.2, 0.25) is 0 Å².